The molecule has 0 radical (unpaired) electrons. The Balaban J connectivity index is 1.50. The van der Waals surface area contributed by atoms with Crippen molar-refractivity contribution < 1.29 is 14.3 Å². The van der Waals surface area contributed by atoms with E-state index in [0.717, 1.165) is 12.8 Å². The Labute approximate surface area is 144 Å². The largest absolute Gasteiger partial charge is 0.347 e. The first-order valence-electron chi connectivity index (χ1n) is 8.86. The van der Waals surface area contributed by atoms with Crippen molar-refractivity contribution in [3.05, 3.63) is 34.9 Å². The number of carbonyl (C=O) groups is 1. The summed E-state index contributed by atoms with van der Waals surface area (Å²) in [6.45, 7) is 9.48. The average molecular weight is 332 g/mol. The molecule has 5 nitrogen and oxygen atoms in total. The van der Waals surface area contributed by atoms with Crippen LogP contribution in [-0.2, 0) is 14.3 Å². The third kappa shape index (κ3) is 3.63. The molecule has 24 heavy (non-hydrogen) atoms. The van der Waals surface area contributed by atoms with E-state index in [4.69, 9.17) is 9.47 Å². The highest BCUT2D eigenvalue weighted by molar-refractivity contribution is 5.78. The molecule has 0 unspecified atom stereocenters. The van der Waals surface area contributed by atoms with E-state index >= 15 is 0 Å². The molecule has 2 aliphatic rings. The van der Waals surface area contributed by atoms with Gasteiger partial charge in [-0.3, -0.25) is 4.79 Å². The predicted octanol–water partition coefficient (Wildman–Crippen LogP) is 2.32. The SMILES string of the molecule is Cc1cccc([C@H](C)NCC(=O)N2CCC3(CC2)OCCO3)c1C. The number of rotatable bonds is 4. The molecule has 0 bridgehead atoms. The van der Waals surface area contributed by atoms with Crippen molar-refractivity contribution in [3.63, 3.8) is 0 Å². The van der Waals surface area contributed by atoms with Crippen LogP contribution in [0.4, 0.5) is 0 Å². The van der Waals surface area contributed by atoms with E-state index in [1.54, 1.807) is 0 Å². The summed E-state index contributed by atoms with van der Waals surface area (Å²) in [5, 5.41) is 3.37. The van der Waals surface area contributed by atoms with Crippen LogP contribution in [0.15, 0.2) is 18.2 Å². The maximum Gasteiger partial charge on any atom is 0.236 e. The Morgan fingerprint density at radius 3 is 2.58 bits per heavy atom. The van der Waals surface area contributed by atoms with Gasteiger partial charge in [0.1, 0.15) is 0 Å². The second-order valence-corrected chi connectivity index (χ2v) is 6.88. The number of carbonyl (C=O) groups excluding carboxylic acids is 1. The molecular formula is C19H28N2O3. The van der Waals surface area contributed by atoms with Gasteiger partial charge in [0.15, 0.2) is 5.79 Å². The Morgan fingerprint density at radius 2 is 1.92 bits per heavy atom. The molecule has 2 heterocycles. The van der Waals surface area contributed by atoms with Gasteiger partial charge in [-0.2, -0.15) is 0 Å². The average Bonchev–Trinajstić information content (AvgIpc) is 3.03. The van der Waals surface area contributed by atoms with E-state index in [-0.39, 0.29) is 11.9 Å². The zero-order valence-corrected chi connectivity index (χ0v) is 14.9. The molecule has 2 fully saturated rings. The van der Waals surface area contributed by atoms with Gasteiger partial charge < -0.3 is 19.7 Å². The van der Waals surface area contributed by atoms with E-state index in [2.05, 4.69) is 44.3 Å². The minimum absolute atomic E-state index is 0.153. The number of hydrogen-bond donors (Lipinski definition) is 1. The number of nitrogens with one attached hydrogen (secondary N) is 1. The summed E-state index contributed by atoms with van der Waals surface area (Å²) in [5.74, 6) is -0.268. The standard InChI is InChI=1S/C19H28N2O3/c1-14-5-4-6-17(15(14)2)16(3)20-13-18(22)21-9-7-19(8-10-21)23-11-12-24-19/h4-6,16,20H,7-13H2,1-3H3/t16-/m0/s1. The molecule has 0 saturated carbocycles. The Kier molecular flexibility index (Phi) is 5.23. The van der Waals surface area contributed by atoms with Gasteiger partial charge in [-0.1, -0.05) is 18.2 Å². The molecular weight excluding hydrogens is 304 g/mol. The number of benzene rings is 1. The van der Waals surface area contributed by atoms with Gasteiger partial charge in [0.25, 0.3) is 0 Å². The molecule has 2 aliphatic heterocycles. The number of ether oxygens (including phenoxy) is 2. The van der Waals surface area contributed by atoms with Crippen LogP contribution in [0.3, 0.4) is 0 Å². The third-order valence-electron chi connectivity index (χ3n) is 5.36. The maximum atomic E-state index is 12.5. The first kappa shape index (κ1) is 17.4. The lowest BCUT2D eigenvalue weighted by Gasteiger charge is -2.37. The summed E-state index contributed by atoms with van der Waals surface area (Å²) in [6, 6.07) is 6.48. The Hall–Kier alpha value is -1.43. The quantitative estimate of drug-likeness (QED) is 0.919. The molecule has 1 N–H and O–H groups in total. The second kappa shape index (κ2) is 7.21. The van der Waals surface area contributed by atoms with Crippen LogP contribution in [0.5, 0.6) is 0 Å². The molecule has 1 spiro atoms. The number of aryl methyl sites for hydroxylation is 1. The van der Waals surface area contributed by atoms with E-state index in [0.29, 0.717) is 32.8 Å². The molecule has 1 atom stereocenters. The van der Waals surface area contributed by atoms with E-state index in [1.165, 1.54) is 16.7 Å². The third-order valence-corrected chi connectivity index (χ3v) is 5.36. The highest BCUT2D eigenvalue weighted by atomic mass is 16.7. The summed E-state index contributed by atoms with van der Waals surface area (Å²) < 4.78 is 11.4. The first-order chi connectivity index (χ1) is 11.5. The highest BCUT2D eigenvalue weighted by Crippen LogP contribution is 2.31. The second-order valence-electron chi connectivity index (χ2n) is 6.88. The van der Waals surface area contributed by atoms with E-state index < -0.39 is 5.79 Å². The lowest BCUT2D eigenvalue weighted by atomic mass is 9.98. The lowest BCUT2D eigenvalue weighted by Crippen LogP contribution is -2.49. The summed E-state index contributed by atoms with van der Waals surface area (Å²) in [4.78, 5) is 14.4. The lowest BCUT2D eigenvalue weighted by molar-refractivity contribution is -0.187. The smallest absolute Gasteiger partial charge is 0.236 e. The summed E-state index contributed by atoms with van der Waals surface area (Å²) in [7, 11) is 0. The van der Waals surface area contributed by atoms with Gasteiger partial charge in [-0.15, -0.1) is 0 Å². The van der Waals surface area contributed by atoms with Crippen molar-refractivity contribution in [2.24, 2.45) is 0 Å². The number of amides is 1. The Bertz CT molecular complexity index is 586. The molecule has 1 aromatic rings. The van der Waals surface area contributed by atoms with Crippen LogP contribution >= 0.6 is 0 Å². The van der Waals surface area contributed by atoms with Gasteiger partial charge >= 0.3 is 0 Å². The fourth-order valence-electron chi connectivity index (χ4n) is 3.59. The minimum atomic E-state index is -0.420. The number of nitrogens with zero attached hydrogens (tertiary/aromatic N) is 1. The van der Waals surface area contributed by atoms with Crippen LogP contribution < -0.4 is 5.32 Å². The first-order valence-corrected chi connectivity index (χ1v) is 8.86. The van der Waals surface area contributed by atoms with Crippen LogP contribution in [0.1, 0.15) is 42.5 Å². The van der Waals surface area contributed by atoms with Crippen molar-refractivity contribution >= 4 is 5.91 Å². The van der Waals surface area contributed by atoms with Crippen LogP contribution in [0.25, 0.3) is 0 Å². The summed E-state index contributed by atoms with van der Waals surface area (Å²) in [5.41, 5.74) is 3.83. The van der Waals surface area contributed by atoms with E-state index in [9.17, 15) is 4.79 Å². The zero-order chi connectivity index (χ0) is 17.2. The summed E-state index contributed by atoms with van der Waals surface area (Å²) in [6.07, 6.45) is 1.54. The predicted molar refractivity (Wildman–Crippen MR) is 92.8 cm³/mol. The van der Waals surface area contributed by atoms with Gasteiger partial charge in [-0.05, 0) is 37.5 Å². The molecule has 0 aromatic heterocycles. The van der Waals surface area contributed by atoms with Crippen LogP contribution in [-0.4, -0.2) is 49.4 Å². The maximum absolute atomic E-state index is 12.5. The molecule has 3 rings (SSSR count). The van der Waals surface area contributed by atoms with Crippen molar-refractivity contribution in [3.8, 4) is 0 Å². The fourth-order valence-corrected chi connectivity index (χ4v) is 3.59. The van der Waals surface area contributed by atoms with Crippen molar-refractivity contribution in [2.75, 3.05) is 32.8 Å². The molecule has 1 aromatic carbocycles. The van der Waals surface area contributed by atoms with E-state index in [1.807, 2.05) is 4.90 Å². The minimum Gasteiger partial charge on any atom is -0.347 e. The number of piperidine rings is 1. The highest BCUT2D eigenvalue weighted by Gasteiger charge is 2.40. The molecule has 1 amide bonds. The Morgan fingerprint density at radius 1 is 1.25 bits per heavy atom. The van der Waals surface area contributed by atoms with Gasteiger partial charge in [0.2, 0.25) is 5.91 Å². The number of likely N-dealkylation sites (tertiary alicyclic amines) is 1. The van der Waals surface area contributed by atoms with Crippen molar-refractivity contribution in [2.45, 2.75) is 45.4 Å². The summed E-state index contributed by atoms with van der Waals surface area (Å²) >= 11 is 0. The molecule has 2 saturated heterocycles. The normalized spacial score (nSPS) is 21.2. The molecule has 132 valence electrons. The van der Waals surface area contributed by atoms with Gasteiger partial charge in [0, 0.05) is 32.0 Å². The zero-order valence-electron chi connectivity index (χ0n) is 14.9. The topological polar surface area (TPSA) is 50.8 Å². The van der Waals surface area contributed by atoms with Crippen LogP contribution in [0, 0.1) is 13.8 Å². The van der Waals surface area contributed by atoms with Gasteiger partial charge in [-0.25, -0.2) is 0 Å². The monoisotopic (exact) mass is 332 g/mol. The molecule has 0 aliphatic carbocycles. The number of hydrogen-bond acceptors (Lipinski definition) is 4. The van der Waals surface area contributed by atoms with Crippen molar-refractivity contribution in [1.82, 2.24) is 10.2 Å². The van der Waals surface area contributed by atoms with Crippen molar-refractivity contribution in [1.29, 1.82) is 0 Å². The fraction of sp³-hybridized carbons (Fsp3) is 0.632. The van der Waals surface area contributed by atoms with Crippen LogP contribution in [0.2, 0.25) is 0 Å². The van der Waals surface area contributed by atoms with Gasteiger partial charge in [0.05, 0.1) is 19.8 Å². The molecule has 5 heteroatoms.